The van der Waals surface area contributed by atoms with Gasteiger partial charge in [-0.2, -0.15) is 0 Å². The number of ether oxygens (including phenoxy) is 1. The number of hydrogen-bond donors (Lipinski definition) is 2. The number of benzene rings is 1. The Labute approximate surface area is 119 Å². The monoisotopic (exact) mass is 274 g/mol. The average Bonchev–Trinajstić information content (AvgIpc) is 2.48. The van der Waals surface area contributed by atoms with Crippen LogP contribution in [0.15, 0.2) is 24.3 Å². The highest BCUT2D eigenvalue weighted by atomic mass is 16.5. The number of nitrogens with two attached hydrogens (primary N) is 1. The van der Waals surface area contributed by atoms with Gasteiger partial charge in [0.2, 0.25) is 5.91 Å². The lowest BCUT2D eigenvalue weighted by Crippen LogP contribution is -2.39. The highest BCUT2D eigenvalue weighted by molar-refractivity contribution is 5.76. The van der Waals surface area contributed by atoms with Gasteiger partial charge in [-0.3, -0.25) is 4.79 Å². The summed E-state index contributed by atoms with van der Waals surface area (Å²) in [5.41, 5.74) is 6.64. The molecule has 20 heavy (non-hydrogen) atoms. The highest BCUT2D eigenvalue weighted by Gasteiger charge is 2.28. The average molecular weight is 274 g/mol. The van der Waals surface area contributed by atoms with Crippen molar-refractivity contribution in [2.24, 2.45) is 11.7 Å². The second kappa shape index (κ2) is 5.83. The predicted octanol–water partition coefficient (Wildman–Crippen LogP) is 2.14. The third-order valence-corrected chi connectivity index (χ3v) is 4.52. The van der Waals surface area contributed by atoms with Crippen molar-refractivity contribution < 1.29 is 9.53 Å². The van der Waals surface area contributed by atoms with Crippen molar-refractivity contribution in [3.8, 4) is 5.75 Å². The van der Waals surface area contributed by atoms with E-state index in [4.69, 9.17) is 10.5 Å². The maximum absolute atomic E-state index is 11.2. The molecule has 1 aromatic carbocycles. The summed E-state index contributed by atoms with van der Waals surface area (Å²) in [5.74, 6) is 0.942. The topological polar surface area (TPSA) is 64.4 Å². The maximum Gasteiger partial charge on any atom is 0.220 e. The fourth-order valence-corrected chi connectivity index (χ4v) is 3.34. The maximum atomic E-state index is 11.2. The Bertz CT molecular complexity index is 481. The minimum Gasteiger partial charge on any atom is -0.493 e. The molecule has 1 unspecified atom stereocenters. The number of para-hydroxylation sites is 1. The van der Waals surface area contributed by atoms with Crippen molar-refractivity contribution in [3.63, 3.8) is 0 Å². The molecule has 4 heteroatoms. The molecule has 3 N–H and O–H groups in total. The number of carbonyl (C=O) groups is 1. The van der Waals surface area contributed by atoms with Crippen molar-refractivity contribution >= 4 is 5.91 Å². The summed E-state index contributed by atoms with van der Waals surface area (Å²) < 4.78 is 5.69. The Morgan fingerprint density at radius 2 is 1.90 bits per heavy atom. The van der Waals surface area contributed by atoms with E-state index in [9.17, 15) is 4.79 Å². The van der Waals surface area contributed by atoms with E-state index < -0.39 is 0 Å². The van der Waals surface area contributed by atoms with Gasteiger partial charge in [-0.05, 0) is 31.7 Å². The van der Waals surface area contributed by atoms with E-state index in [1.54, 1.807) is 0 Å². The molecule has 1 aliphatic carbocycles. The molecule has 1 fully saturated rings. The number of hydrogen-bond acceptors (Lipinski definition) is 3. The van der Waals surface area contributed by atoms with Crippen LogP contribution in [0, 0.1) is 5.92 Å². The van der Waals surface area contributed by atoms with Gasteiger partial charge in [0, 0.05) is 30.0 Å². The number of amides is 1. The molecule has 0 bridgehead atoms. The second-order valence-corrected chi connectivity index (χ2v) is 5.85. The highest BCUT2D eigenvalue weighted by Crippen LogP contribution is 2.33. The first-order valence-electron chi connectivity index (χ1n) is 7.51. The van der Waals surface area contributed by atoms with Gasteiger partial charge >= 0.3 is 0 Å². The van der Waals surface area contributed by atoms with Gasteiger partial charge in [-0.1, -0.05) is 18.2 Å². The van der Waals surface area contributed by atoms with E-state index in [1.807, 2.05) is 12.1 Å². The molecule has 108 valence electrons. The van der Waals surface area contributed by atoms with Crippen molar-refractivity contribution in [2.75, 3.05) is 6.61 Å². The van der Waals surface area contributed by atoms with E-state index in [0.29, 0.717) is 12.1 Å². The van der Waals surface area contributed by atoms with E-state index in [2.05, 4.69) is 17.4 Å². The summed E-state index contributed by atoms with van der Waals surface area (Å²) in [6.07, 6.45) is 4.91. The molecule has 0 radical (unpaired) electrons. The Morgan fingerprint density at radius 1 is 1.15 bits per heavy atom. The predicted molar refractivity (Wildman–Crippen MR) is 77.4 cm³/mol. The summed E-state index contributed by atoms with van der Waals surface area (Å²) in [7, 11) is 0. The van der Waals surface area contributed by atoms with Crippen molar-refractivity contribution in [1.29, 1.82) is 0 Å². The lowest BCUT2D eigenvalue weighted by atomic mass is 9.85. The van der Waals surface area contributed by atoms with Crippen LogP contribution in [0.2, 0.25) is 0 Å². The van der Waals surface area contributed by atoms with Crippen molar-refractivity contribution in [2.45, 2.75) is 44.2 Å². The van der Waals surface area contributed by atoms with Gasteiger partial charge in [-0.15, -0.1) is 0 Å². The molecule has 1 aromatic rings. The van der Waals surface area contributed by atoms with Gasteiger partial charge in [0.25, 0.3) is 0 Å². The van der Waals surface area contributed by atoms with Crippen LogP contribution in [-0.4, -0.2) is 18.6 Å². The van der Waals surface area contributed by atoms with E-state index in [0.717, 1.165) is 44.5 Å². The molecule has 1 amide bonds. The number of fused-ring (bicyclic) bond motifs is 1. The van der Waals surface area contributed by atoms with Crippen LogP contribution >= 0.6 is 0 Å². The molecule has 1 aliphatic heterocycles. The van der Waals surface area contributed by atoms with Gasteiger partial charge in [-0.25, -0.2) is 0 Å². The number of nitrogens with one attached hydrogen (secondary N) is 1. The molecular weight excluding hydrogens is 252 g/mol. The summed E-state index contributed by atoms with van der Waals surface area (Å²) in [6.45, 7) is 0.769. The number of rotatable bonds is 3. The third kappa shape index (κ3) is 2.80. The number of carbonyl (C=O) groups excluding carboxylic acids is 1. The van der Waals surface area contributed by atoms with Gasteiger partial charge in [0.15, 0.2) is 0 Å². The smallest absolute Gasteiger partial charge is 0.220 e. The molecule has 4 nitrogen and oxygen atoms in total. The van der Waals surface area contributed by atoms with Gasteiger partial charge < -0.3 is 15.8 Å². The minimum absolute atomic E-state index is 0.0787. The van der Waals surface area contributed by atoms with Gasteiger partial charge in [0.1, 0.15) is 5.75 Å². The molecule has 3 rings (SSSR count). The zero-order chi connectivity index (χ0) is 13.9. The Morgan fingerprint density at radius 3 is 2.65 bits per heavy atom. The first-order chi connectivity index (χ1) is 9.74. The van der Waals surface area contributed by atoms with Crippen molar-refractivity contribution in [3.05, 3.63) is 29.8 Å². The van der Waals surface area contributed by atoms with Crippen LogP contribution < -0.4 is 15.8 Å². The van der Waals surface area contributed by atoms with Gasteiger partial charge in [0.05, 0.1) is 6.61 Å². The molecule has 2 aliphatic rings. The minimum atomic E-state index is -0.139. The first kappa shape index (κ1) is 13.4. The zero-order valence-corrected chi connectivity index (χ0v) is 11.7. The summed E-state index contributed by atoms with van der Waals surface area (Å²) in [4.78, 5) is 11.2. The van der Waals surface area contributed by atoms with E-state index >= 15 is 0 Å². The largest absolute Gasteiger partial charge is 0.493 e. The lowest BCUT2D eigenvalue weighted by Gasteiger charge is -2.33. The fourth-order valence-electron chi connectivity index (χ4n) is 3.34. The Kier molecular flexibility index (Phi) is 3.92. The normalized spacial score (nSPS) is 29.3. The third-order valence-electron chi connectivity index (χ3n) is 4.52. The Balaban J connectivity index is 1.61. The summed E-state index contributed by atoms with van der Waals surface area (Å²) in [6, 6.07) is 9.11. The quantitative estimate of drug-likeness (QED) is 0.887. The molecule has 1 atom stereocenters. The van der Waals surface area contributed by atoms with Crippen LogP contribution in [-0.2, 0) is 4.79 Å². The van der Waals surface area contributed by atoms with E-state index in [1.165, 1.54) is 5.56 Å². The fraction of sp³-hybridized carbons (Fsp3) is 0.562. The molecule has 0 saturated heterocycles. The molecule has 0 aromatic heterocycles. The second-order valence-electron chi connectivity index (χ2n) is 5.85. The summed E-state index contributed by atoms with van der Waals surface area (Å²) in [5, 5.41) is 3.74. The molecule has 1 heterocycles. The SMILES string of the molecule is NC(=O)C1CCC(NC2CCOc3ccccc32)CC1. The summed E-state index contributed by atoms with van der Waals surface area (Å²) >= 11 is 0. The van der Waals surface area contributed by atoms with E-state index in [-0.39, 0.29) is 11.8 Å². The van der Waals surface area contributed by atoms with Crippen LogP contribution in [0.1, 0.15) is 43.7 Å². The standard InChI is InChI=1S/C16H22N2O2/c17-16(19)11-5-7-12(8-6-11)18-14-9-10-20-15-4-2-1-3-13(14)15/h1-4,11-12,14,18H,5-10H2,(H2,17,19). The van der Waals surface area contributed by atoms with Crippen LogP contribution in [0.25, 0.3) is 0 Å². The van der Waals surface area contributed by atoms with Crippen LogP contribution in [0.3, 0.4) is 0 Å². The molecule has 1 saturated carbocycles. The Hall–Kier alpha value is -1.55. The van der Waals surface area contributed by atoms with Crippen LogP contribution in [0.5, 0.6) is 5.75 Å². The molecule has 0 spiro atoms. The first-order valence-corrected chi connectivity index (χ1v) is 7.51. The number of primary amides is 1. The molecular formula is C16H22N2O2. The lowest BCUT2D eigenvalue weighted by molar-refractivity contribution is -0.122. The zero-order valence-electron chi connectivity index (χ0n) is 11.7. The van der Waals surface area contributed by atoms with Crippen LogP contribution in [0.4, 0.5) is 0 Å². The van der Waals surface area contributed by atoms with Crippen molar-refractivity contribution in [1.82, 2.24) is 5.32 Å².